The van der Waals surface area contributed by atoms with E-state index in [1.807, 2.05) is 0 Å². The molecule has 0 spiro atoms. The molecule has 1 aromatic rings. The van der Waals surface area contributed by atoms with Crippen LogP contribution in [0.1, 0.15) is 36.0 Å². The summed E-state index contributed by atoms with van der Waals surface area (Å²) < 4.78 is 13.2. The molecule has 0 heterocycles. The van der Waals surface area contributed by atoms with Gasteiger partial charge in [0.05, 0.1) is 5.02 Å². The lowest BCUT2D eigenvalue weighted by Crippen LogP contribution is -2.24. The zero-order valence-electron chi connectivity index (χ0n) is 10.0. The average Bonchev–Trinajstić information content (AvgIpc) is 2.36. The van der Waals surface area contributed by atoms with Crippen molar-refractivity contribution in [2.75, 3.05) is 11.9 Å². The molecule has 5 heteroatoms. The van der Waals surface area contributed by atoms with E-state index in [4.69, 9.17) is 11.6 Å². The predicted molar refractivity (Wildman–Crippen MR) is 76.0 cm³/mol. The molecule has 18 heavy (non-hydrogen) atoms. The highest BCUT2D eigenvalue weighted by molar-refractivity contribution is 9.09. The maximum absolute atomic E-state index is 13.2. The number of carbonyl (C=O) groups is 1. The van der Waals surface area contributed by atoms with Crippen molar-refractivity contribution in [3.63, 3.8) is 0 Å². The predicted octanol–water partition coefficient (Wildman–Crippen LogP) is 4.16. The molecule has 0 fully saturated rings. The van der Waals surface area contributed by atoms with Crippen LogP contribution in [0.15, 0.2) is 18.2 Å². The summed E-state index contributed by atoms with van der Waals surface area (Å²) in [6.45, 7) is 0.616. The van der Waals surface area contributed by atoms with Crippen molar-refractivity contribution in [2.45, 2.75) is 25.7 Å². The molecule has 0 bridgehead atoms. The second kappa shape index (κ2) is 8.48. The maximum atomic E-state index is 13.2. The van der Waals surface area contributed by atoms with Gasteiger partial charge in [-0.1, -0.05) is 40.4 Å². The Bertz CT molecular complexity index is 401. The van der Waals surface area contributed by atoms with Crippen LogP contribution < -0.4 is 5.32 Å². The van der Waals surface area contributed by atoms with E-state index in [0.29, 0.717) is 12.1 Å². The molecule has 0 saturated carbocycles. The number of nitrogens with one attached hydrogen (secondary N) is 1. The fourth-order valence-corrected chi connectivity index (χ4v) is 2.03. The molecular formula is C13H16BrClFNO. The lowest BCUT2D eigenvalue weighted by Gasteiger charge is -2.05. The Hall–Kier alpha value is -0.610. The molecule has 0 aliphatic rings. The van der Waals surface area contributed by atoms with Crippen molar-refractivity contribution >= 4 is 33.4 Å². The Kier molecular flexibility index (Phi) is 7.28. The van der Waals surface area contributed by atoms with Crippen molar-refractivity contribution in [1.29, 1.82) is 0 Å². The molecule has 0 aliphatic carbocycles. The summed E-state index contributed by atoms with van der Waals surface area (Å²) in [7, 11) is 0. The summed E-state index contributed by atoms with van der Waals surface area (Å²) in [5.74, 6) is -0.826. The zero-order chi connectivity index (χ0) is 13.4. The molecule has 0 saturated heterocycles. The fraction of sp³-hybridized carbons (Fsp3) is 0.462. The van der Waals surface area contributed by atoms with Crippen LogP contribution in [-0.4, -0.2) is 17.8 Å². The molecule has 1 aromatic carbocycles. The second-order valence-corrected chi connectivity index (χ2v) is 5.19. The fourth-order valence-electron chi connectivity index (χ4n) is 1.51. The SMILES string of the molecule is O=C(NCCCCCCBr)c1ccc(Cl)c(F)c1. The molecule has 0 radical (unpaired) electrons. The Morgan fingerprint density at radius 1 is 1.28 bits per heavy atom. The number of benzene rings is 1. The van der Waals surface area contributed by atoms with E-state index in [1.165, 1.54) is 12.1 Å². The van der Waals surface area contributed by atoms with Crippen molar-refractivity contribution in [2.24, 2.45) is 0 Å². The summed E-state index contributed by atoms with van der Waals surface area (Å²) in [4.78, 5) is 11.7. The number of unbranched alkanes of at least 4 members (excludes halogenated alkanes) is 3. The number of rotatable bonds is 7. The highest BCUT2D eigenvalue weighted by atomic mass is 79.9. The van der Waals surface area contributed by atoms with Gasteiger partial charge in [0.2, 0.25) is 0 Å². The number of alkyl halides is 1. The Balaban J connectivity index is 2.30. The van der Waals surface area contributed by atoms with Gasteiger partial charge in [-0.15, -0.1) is 0 Å². The Morgan fingerprint density at radius 3 is 2.67 bits per heavy atom. The average molecular weight is 337 g/mol. The van der Waals surface area contributed by atoms with E-state index >= 15 is 0 Å². The summed E-state index contributed by atoms with van der Waals surface area (Å²) in [6, 6.07) is 4.07. The molecule has 1 amide bonds. The van der Waals surface area contributed by atoms with Gasteiger partial charge in [-0.3, -0.25) is 4.79 Å². The minimum atomic E-state index is -0.568. The summed E-state index contributed by atoms with van der Waals surface area (Å²) >= 11 is 8.92. The number of hydrogen-bond donors (Lipinski definition) is 1. The highest BCUT2D eigenvalue weighted by Gasteiger charge is 2.07. The standard InChI is InChI=1S/C13H16BrClFNO/c14-7-3-1-2-4-8-17-13(18)10-5-6-11(15)12(16)9-10/h5-6,9H,1-4,7-8H2,(H,17,18). The van der Waals surface area contributed by atoms with Gasteiger partial charge in [0.25, 0.3) is 5.91 Å². The van der Waals surface area contributed by atoms with Gasteiger partial charge in [-0.2, -0.15) is 0 Å². The monoisotopic (exact) mass is 335 g/mol. The lowest BCUT2D eigenvalue weighted by atomic mass is 10.2. The molecule has 0 atom stereocenters. The second-order valence-electron chi connectivity index (χ2n) is 3.99. The van der Waals surface area contributed by atoms with E-state index in [9.17, 15) is 9.18 Å². The Labute approximate surface area is 120 Å². The summed E-state index contributed by atoms with van der Waals surface area (Å²) in [5, 5.41) is 3.81. The van der Waals surface area contributed by atoms with Gasteiger partial charge < -0.3 is 5.32 Å². The molecule has 0 aliphatic heterocycles. The number of amides is 1. The molecule has 0 aromatic heterocycles. The van der Waals surface area contributed by atoms with Gasteiger partial charge in [0, 0.05) is 17.4 Å². The minimum absolute atomic E-state index is 0.0290. The van der Waals surface area contributed by atoms with Crippen LogP contribution in [0.5, 0.6) is 0 Å². The van der Waals surface area contributed by atoms with Crippen LogP contribution >= 0.6 is 27.5 Å². The quantitative estimate of drug-likeness (QED) is 0.588. The largest absolute Gasteiger partial charge is 0.352 e. The summed E-state index contributed by atoms with van der Waals surface area (Å²) in [6.07, 6.45) is 4.32. The van der Waals surface area contributed by atoms with Crippen LogP contribution in [-0.2, 0) is 0 Å². The Morgan fingerprint density at radius 2 is 2.00 bits per heavy atom. The first-order valence-electron chi connectivity index (χ1n) is 5.94. The van der Waals surface area contributed by atoms with E-state index in [0.717, 1.165) is 37.1 Å². The van der Waals surface area contributed by atoms with Crippen LogP contribution in [0, 0.1) is 5.82 Å². The molecular weight excluding hydrogens is 321 g/mol. The van der Waals surface area contributed by atoms with E-state index in [1.54, 1.807) is 0 Å². The lowest BCUT2D eigenvalue weighted by molar-refractivity contribution is 0.0952. The highest BCUT2D eigenvalue weighted by Crippen LogP contribution is 2.15. The first-order valence-corrected chi connectivity index (χ1v) is 7.44. The maximum Gasteiger partial charge on any atom is 0.251 e. The van der Waals surface area contributed by atoms with E-state index < -0.39 is 5.82 Å². The van der Waals surface area contributed by atoms with Crippen LogP contribution in [0.4, 0.5) is 4.39 Å². The zero-order valence-corrected chi connectivity index (χ0v) is 12.4. The van der Waals surface area contributed by atoms with Gasteiger partial charge in [-0.05, 0) is 31.0 Å². The van der Waals surface area contributed by atoms with Crippen molar-refractivity contribution in [1.82, 2.24) is 5.32 Å². The number of halogens is 3. The van der Waals surface area contributed by atoms with Crippen LogP contribution in [0.3, 0.4) is 0 Å². The first kappa shape index (κ1) is 15.4. The molecule has 100 valence electrons. The number of hydrogen-bond acceptors (Lipinski definition) is 1. The van der Waals surface area contributed by atoms with Crippen LogP contribution in [0.2, 0.25) is 5.02 Å². The third-order valence-corrected chi connectivity index (χ3v) is 3.40. The molecule has 1 rings (SSSR count). The van der Waals surface area contributed by atoms with E-state index in [2.05, 4.69) is 21.2 Å². The topological polar surface area (TPSA) is 29.1 Å². The van der Waals surface area contributed by atoms with Gasteiger partial charge >= 0.3 is 0 Å². The molecule has 1 N–H and O–H groups in total. The smallest absolute Gasteiger partial charge is 0.251 e. The first-order chi connectivity index (χ1) is 8.65. The normalized spacial score (nSPS) is 10.4. The van der Waals surface area contributed by atoms with Crippen molar-refractivity contribution in [3.05, 3.63) is 34.6 Å². The third-order valence-electron chi connectivity index (χ3n) is 2.53. The van der Waals surface area contributed by atoms with Crippen molar-refractivity contribution < 1.29 is 9.18 Å². The minimum Gasteiger partial charge on any atom is -0.352 e. The number of carbonyl (C=O) groups excluding carboxylic acids is 1. The van der Waals surface area contributed by atoms with Crippen molar-refractivity contribution in [3.8, 4) is 0 Å². The van der Waals surface area contributed by atoms with Gasteiger partial charge in [0.15, 0.2) is 0 Å². The van der Waals surface area contributed by atoms with Gasteiger partial charge in [0.1, 0.15) is 5.82 Å². The van der Waals surface area contributed by atoms with E-state index in [-0.39, 0.29) is 10.9 Å². The van der Waals surface area contributed by atoms with Gasteiger partial charge in [-0.25, -0.2) is 4.39 Å². The van der Waals surface area contributed by atoms with Crippen LogP contribution in [0.25, 0.3) is 0 Å². The summed E-state index contributed by atoms with van der Waals surface area (Å²) in [5.41, 5.74) is 0.303. The molecule has 2 nitrogen and oxygen atoms in total. The third kappa shape index (κ3) is 5.36. The molecule has 0 unspecified atom stereocenters.